The molecule has 1 amide bonds. The lowest BCUT2D eigenvalue weighted by Gasteiger charge is -2.09. The summed E-state index contributed by atoms with van der Waals surface area (Å²) in [6.45, 7) is 2.31. The minimum atomic E-state index is -3.70. The lowest BCUT2D eigenvalue weighted by molar-refractivity contribution is -0.123. The fourth-order valence-electron chi connectivity index (χ4n) is 2.74. The van der Waals surface area contributed by atoms with E-state index in [0.29, 0.717) is 24.5 Å². The second kappa shape index (κ2) is 10.1. The molecule has 3 rings (SSSR count). The molecular formula is C23H24N2O5S. The second-order valence-electron chi connectivity index (χ2n) is 6.96. The Hall–Kier alpha value is -3.36. The molecule has 3 N–H and O–H groups in total. The van der Waals surface area contributed by atoms with E-state index < -0.39 is 10.0 Å². The smallest absolute Gasteiger partial charge is 0.257 e. The van der Waals surface area contributed by atoms with E-state index in [1.165, 1.54) is 12.1 Å². The predicted molar refractivity (Wildman–Crippen MR) is 118 cm³/mol. The van der Waals surface area contributed by atoms with E-state index in [-0.39, 0.29) is 17.4 Å². The lowest BCUT2D eigenvalue weighted by Crippen LogP contribution is -2.30. The van der Waals surface area contributed by atoms with Crippen LogP contribution in [0.25, 0.3) is 0 Å². The van der Waals surface area contributed by atoms with Gasteiger partial charge < -0.3 is 14.8 Å². The molecule has 0 aromatic heterocycles. The Kier molecular flexibility index (Phi) is 7.28. The fourth-order valence-corrected chi connectivity index (χ4v) is 3.25. The molecule has 0 radical (unpaired) electrons. The van der Waals surface area contributed by atoms with Gasteiger partial charge in [-0.15, -0.1) is 0 Å². The van der Waals surface area contributed by atoms with Gasteiger partial charge in [0.05, 0.1) is 4.90 Å². The van der Waals surface area contributed by atoms with Gasteiger partial charge in [-0.3, -0.25) is 4.79 Å². The molecule has 0 fully saturated rings. The summed E-state index contributed by atoms with van der Waals surface area (Å²) in [6.07, 6.45) is 0.557. The molecule has 0 aliphatic heterocycles. The molecule has 31 heavy (non-hydrogen) atoms. The largest absolute Gasteiger partial charge is 0.484 e. The molecular weight excluding hydrogens is 416 g/mol. The van der Waals surface area contributed by atoms with Crippen molar-refractivity contribution in [3.8, 4) is 17.2 Å². The first-order chi connectivity index (χ1) is 14.8. The summed E-state index contributed by atoms with van der Waals surface area (Å²) < 4.78 is 33.8. The Balaban J connectivity index is 1.39. The van der Waals surface area contributed by atoms with Gasteiger partial charge >= 0.3 is 0 Å². The molecule has 0 atom stereocenters. The molecule has 3 aromatic carbocycles. The van der Waals surface area contributed by atoms with Gasteiger partial charge in [-0.2, -0.15) is 0 Å². The zero-order valence-corrected chi connectivity index (χ0v) is 17.9. The van der Waals surface area contributed by atoms with Gasteiger partial charge in [0.25, 0.3) is 5.91 Å². The van der Waals surface area contributed by atoms with Crippen LogP contribution in [0.1, 0.15) is 11.1 Å². The van der Waals surface area contributed by atoms with Crippen LogP contribution >= 0.6 is 0 Å². The zero-order valence-electron chi connectivity index (χ0n) is 17.1. The maximum Gasteiger partial charge on any atom is 0.257 e. The standard InChI is InChI=1S/C23H24N2O5S/c1-17-2-6-20(7-3-17)30-21-10-8-19(9-11-21)29-16-23(26)25-15-14-18-4-12-22(13-5-18)31(24,27)28/h2-13H,14-16H2,1H3,(H,25,26)(H2,24,27,28). The van der Waals surface area contributed by atoms with E-state index in [1.807, 2.05) is 31.2 Å². The fraction of sp³-hybridized carbons (Fsp3) is 0.174. The summed E-state index contributed by atoms with van der Waals surface area (Å²) in [5, 5.41) is 7.83. The number of aryl methyl sites for hydroxylation is 1. The van der Waals surface area contributed by atoms with Crippen LogP contribution in [0.5, 0.6) is 17.2 Å². The summed E-state index contributed by atoms with van der Waals surface area (Å²) in [6, 6.07) is 21.0. The van der Waals surface area contributed by atoms with Crippen molar-refractivity contribution < 1.29 is 22.7 Å². The maximum absolute atomic E-state index is 12.0. The van der Waals surface area contributed by atoms with Gasteiger partial charge in [-0.1, -0.05) is 29.8 Å². The Bertz CT molecular complexity index is 1110. The van der Waals surface area contributed by atoms with Gasteiger partial charge in [-0.25, -0.2) is 13.6 Å². The Morgan fingerprint density at radius 2 is 1.42 bits per heavy atom. The van der Waals surface area contributed by atoms with E-state index in [2.05, 4.69) is 5.32 Å². The summed E-state index contributed by atoms with van der Waals surface area (Å²) in [4.78, 5) is 12.0. The minimum absolute atomic E-state index is 0.0592. The first-order valence-corrected chi connectivity index (χ1v) is 11.2. The molecule has 0 saturated heterocycles. The number of nitrogens with two attached hydrogens (primary N) is 1. The molecule has 0 aliphatic carbocycles. The van der Waals surface area contributed by atoms with E-state index in [4.69, 9.17) is 14.6 Å². The number of benzene rings is 3. The molecule has 3 aromatic rings. The average Bonchev–Trinajstić information content (AvgIpc) is 2.75. The van der Waals surface area contributed by atoms with E-state index in [0.717, 1.165) is 16.9 Å². The van der Waals surface area contributed by atoms with Gasteiger partial charge in [0.2, 0.25) is 10.0 Å². The van der Waals surface area contributed by atoms with Crippen LogP contribution in [0.4, 0.5) is 0 Å². The summed E-state index contributed by atoms with van der Waals surface area (Å²) in [5.41, 5.74) is 2.05. The number of primary sulfonamides is 1. The van der Waals surface area contributed by atoms with Crippen molar-refractivity contribution in [2.75, 3.05) is 13.2 Å². The quantitative estimate of drug-likeness (QED) is 0.531. The monoisotopic (exact) mass is 440 g/mol. The number of carbonyl (C=O) groups excluding carboxylic acids is 1. The number of amides is 1. The zero-order chi connectivity index (χ0) is 22.3. The van der Waals surface area contributed by atoms with Crippen LogP contribution in [-0.4, -0.2) is 27.5 Å². The average molecular weight is 441 g/mol. The van der Waals surface area contributed by atoms with Crippen LogP contribution in [0.15, 0.2) is 77.7 Å². The number of rotatable bonds is 9. The second-order valence-corrected chi connectivity index (χ2v) is 8.53. The van der Waals surface area contributed by atoms with Crippen molar-refractivity contribution in [3.05, 3.63) is 83.9 Å². The first-order valence-electron chi connectivity index (χ1n) is 9.65. The molecule has 0 unspecified atom stereocenters. The number of nitrogens with one attached hydrogen (secondary N) is 1. The summed E-state index contributed by atoms with van der Waals surface area (Å²) in [7, 11) is -3.70. The number of carbonyl (C=O) groups is 1. The van der Waals surface area contributed by atoms with Gasteiger partial charge in [-0.05, 0) is 67.4 Å². The topological polar surface area (TPSA) is 108 Å². The van der Waals surface area contributed by atoms with Crippen molar-refractivity contribution in [2.45, 2.75) is 18.2 Å². The van der Waals surface area contributed by atoms with Crippen molar-refractivity contribution in [3.63, 3.8) is 0 Å². The number of hydrogen-bond donors (Lipinski definition) is 2. The van der Waals surface area contributed by atoms with E-state index >= 15 is 0 Å². The van der Waals surface area contributed by atoms with Crippen LogP contribution in [0, 0.1) is 6.92 Å². The third-order valence-corrected chi connectivity index (χ3v) is 5.37. The van der Waals surface area contributed by atoms with E-state index in [9.17, 15) is 13.2 Å². The van der Waals surface area contributed by atoms with Crippen LogP contribution < -0.4 is 19.9 Å². The molecule has 8 heteroatoms. The summed E-state index contributed by atoms with van der Waals surface area (Å²) in [5.74, 6) is 1.73. The van der Waals surface area contributed by atoms with Crippen molar-refractivity contribution >= 4 is 15.9 Å². The highest BCUT2D eigenvalue weighted by Gasteiger charge is 2.07. The van der Waals surface area contributed by atoms with E-state index in [1.54, 1.807) is 36.4 Å². The molecule has 162 valence electrons. The Labute approximate surface area is 181 Å². The van der Waals surface area contributed by atoms with Crippen molar-refractivity contribution in [1.82, 2.24) is 5.32 Å². The number of ether oxygens (including phenoxy) is 2. The first kappa shape index (κ1) is 22.3. The Morgan fingerprint density at radius 1 is 0.871 bits per heavy atom. The molecule has 0 saturated carbocycles. The Morgan fingerprint density at radius 3 is 2.00 bits per heavy atom. The van der Waals surface area contributed by atoms with Gasteiger partial charge in [0, 0.05) is 6.54 Å². The van der Waals surface area contributed by atoms with Crippen molar-refractivity contribution in [2.24, 2.45) is 5.14 Å². The van der Waals surface area contributed by atoms with Crippen LogP contribution in [0.3, 0.4) is 0 Å². The minimum Gasteiger partial charge on any atom is -0.484 e. The van der Waals surface area contributed by atoms with Gasteiger partial charge in [0.1, 0.15) is 17.2 Å². The lowest BCUT2D eigenvalue weighted by atomic mass is 10.1. The highest BCUT2D eigenvalue weighted by atomic mass is 32.2. The normalized spacial score (nSPS) is 11.0. The number of sulfonamides is 1. The molecule has 0 heterocycles. The van der Waals surface area contributed by atoms with Gasteiger partial charge in [0.15, 0.2) is 6.61 Å². The maximum atomic E-state index is 12.0. The van der Waals surface area contributed by atoms with Crippen LogP contribution in [-0.2, 0) is 21.2 Å². The number of hydrogen-bond acceptors (Lipinski definition) is 5. The SMILES string of the molecule is Cc1ccc(Oc2ccc(OCC(=O)NCCc3ccc(S(N)(=O)=O)cc3)cc2)cc1. The third-order valence-electron chi connectivity index (χ3n) is 4.44. The third kappa shape index (κ3) is 7.13. The van der Waals surface area contributed by atoms with Crippen LogP contribution in [0.2, 0.25) is 0 Å². The molecule has 0 bridgehead atoms. The highest BCUT2D eigenvalue weighted by Crippen LogP contribution is 2.24. The van der Waals surface area contributed by atoms with Crippen molar-refractivity contribution in [1.29, 1.82) is 0 Å². The molecule has 0 aliphatic rings. The molecule has 7 nitrogen and oxygen atoms in total. The predicted octanol–water partition coefficient (Wildman–Crippen LogP) is 3.17. The summed E-state index contributed by atoms with van der Waals surface area (Å²) >= 11 is 0. The highest BCUT2D eigenvalue weighted by molar-refractivity contribution is 7.89. The molecule has 0 spiro atoms.